The van der Waals surface area contributed by atoms with Gasteiger partial charge in [0.15, 0.2) is 0 Å². The van der Waals surface area contributed by atoms with Gasteiger partial charge in [0.05, 0.1) is 8.26 Å². The molecular weight excluding hydrogens is 397 g/mol. The van der Waals surface area contributed by atoms with Crippen molar-refractivity contribution in [2.75, 3.05) is 0 Å². The lowest BCUT2D eigenvalue weighted by molar-refractivity contribution is 0.183. The van der Waals surface area contributed by atoms with Crippen LogP contribution in [-0.4, -0.2) is 6.04 Å². The summed E-state index contributed by atoms with van der Waals surface area (Å²) < 4.78 is 20.7. The van der Waals surface area contributed by atoms with Crippen LogP contribution in [0.2, 0.25) is 0 Å². The van der Waals surface area contributed by atoms with E-state index < -0.39 is 0 Å². The standard InChI is InChI=1S/C13H12Br2FNOS/c1-7(17)13(11-4-5-12(15)19-11)18-8-2-3-9(14)10(16)6-8/h2-7,13H,17H2,1H3. The van der Waals surface area contributed by atoms with Crippen molar-refractivity contribution in [1.82, 2.24) is 0 Å². The van der Waals surface area contributed by atoms with E-state index in [4.69, 9.17) is 10.5 Å². The van der Waals surface area contributed by atoms with Gasteiger partial charge in [-0.3, -0.25) is 0 Å². The molecule has 2 aromatic rings. The molecule has 0 saturated carbocycles. The fourth-order valence-electron chi connectivity index (χ4n) is 1.60. The molecule has 6 heteroatoms. The highest BCUT2D eigenvalue weighted by Crippen LogP contribution is 2.32. The molecule has 0 aliphatic rings. The molecule has 0 aliphatic carbocycles. The van der Waals surface area contributed by atoms with Crippen molar-refractivity contribution in [2.45, 2.75) is 19.1 Å². The molecule has 1 aromatic carbocycles. The number of halogens is 3. The number of nitrogens with two attached hydrogens (primary N) is 1. The Kier molecular flexibility index (Phi) is 5.00. The number of hydrogen-bond acceptors (Lipinski definition) is 3. The van der Waals surface area contributed by atoms with Gasteiger partial charge in [0.2, 0.25) is 0 Å². The molecule has 19 heavy (non-hydrogen) atoms. The normalized spacial score (nSPS) is 14.2. The molecule has 2 atom stereocenters. The first-order chi connectivity index (χ1) is 8.97. The van der Waals surface area contributed by atoms with Crippen LogP contribution in [0.3, 0.4) is 0 Å². The Bertz CT molecular complexity index is 574. The van der Waals surface area contributed by atoms with Crippen molar-refractivity contribution >= 4 is 43.2 Å². The largest absolute Gasteiger partial charge is 0.483 e. The van der Waals surface area contributed by atoms with Crippen molar-refractivity contribution < 1.29 is 9.13 Å². The van der Waals surface area contributed by atoms with Crippen molar-refractivity contribution in [3.63, 3.8) is 0 Å². The molecule has 0 aliphatic heterocycles. The lowest BCUT2D eigenvalue weighted by Crippen LogP contribution is -2.28. The first-order valence-corrected chi connectivity index (χ1v) is 8.00. The van der Waals surface area contributed by atoms with Gasteiger partial charge in [-0.15, -0.1) is 11.3 Å². The molecule has 1 heterocycles. The molecule has 2 rings (SSSR count). The smallest absolute Gasteiger partial charge is 0.148 e. The summed E-state index contributed by atoms with van der Waals surface area (Å²) in [5, 5.41) is 0. The van der Waals surface area contributed by atoms with E-state index in [1.807, 2.05) is 19.1 Å². The summed E-state index contributed by atoms with van der Waals surface area (Å²) in [6, 6.07) is 8.39. The van der Waals surface area contributed by atoms with E-state index in [1.54, 1.807) is 23.5 Å². The highest BCUT2D eigenvalue weighted by Gasteiger charge is 2.20. The Morgan fingerprint density at radius 3 is 2.53 bits per heavy atom. The zero-order valence-electron chi connectivity index (χ0n) is 10.1. The fourth-order valence-corrected chi connectivity index (χ4v) is 3.42. The van der Waals surface area contributed by atoms with E-state index >= 15 is 0 Å². The van der Waals surface area contributed by atoms with Gasteiger partial charge in [-0.05, 0) is 63.0 Å². The lowest BCUT2D eigenvalue weighted by Gasteiger charge is -2.21. The average molecular weight is 409 g/mol. The van der Waals surface area contributed by atoms with Crippen LogP contribution in [0.1, 0.15) is 17.9 Å². The van der Waals surface area contributed by atoms with Gasteiger partial charge in [0, 0.05) is 17.0 Å². The summed E-state index contributed by atoms with van der Waals surface area (Å²) in [4.78, 5) is 1.00. The van der Waals surface area contributed by atoms with Gasteiger partial charge < -0.3 is 10.5 Å². The first kappa shape index (κ1) is 15.0. The molecule has 2 unspecified atom stereocenters. The molecule has 0 fully saturated rings. The molecule has 0 bridgehead atoms. The van der Waals surface area contributed by atoms with E-state index in [1.165, 1.54) is 6.07 Å². The molecule has 1 aromatic heterocycles. The molecule has 102 valence electrons. The van der Waals surface area contributed by atoms with Crippen LogP contribution in [0, 0.1) is 5.82 Å². The summed E-state index contributed by atoms with van der Waals surface area (Å²) in [7, 11) is 0. The summed E-state index contributed by atoms with van der Waals surface area (Å²) >= 11 is 8.08. The fraction of sp³-hybridized carbons (Fsp3) is 0.231. The summed E-state index contributed by atoms with van der Waals surface area (Å²) in [5.74, 6) is 0.112. The maximum atomic E-state index is 13.5. The highest BCUT2D eigenvalue weighted by molar-refractivity contribution is 9.11. The quantitative estimate of drug-likeness (QED) is 0.782. The van der Waals surface area contributed by atoms with Crippen molar-refractivity contribution in [3.8, 4) is 5.75 Å². The summed E-state index contributed by atoms with van der Waals surface area (Å²) in [5.41, 5.74) is 5.96. The van der Waals surface area contributed by atoms with Crippen LogP contribution in [0.5, 0.6) is 5.75 Å². The van der Waals surface area contributed by atoms with Crippen LogP contribution in [0.15, 0.2) is 38.6 Å². The number of rotatable bonds is 4. The van der Waals surface area contributed by atoms with Gasteiger partial charge in [-0.2, -0.15) is 0 Å². The first-order valence-electron chi connectivity index (χ1n) is 5.60. The predicted molar refractivity (Wildman–Crippen MR) is 83.1 cm³/mol. The van der Waals surface area contributed by atoms with Crippen LogP contribution in [0.4, 0.5) is 4.39 Å². The van der Waals surface area contributed by atoms with Crippen molar-refractivity contribution in [2.24, 2.45) is 5.73 Å². The summed E-state index contributed by atoms with van der Waals surface area (Å²) in [6.45, 7) is 1.87. The van der Waals surface area contributed by atoms with Crippen LogP contribution in [-0.2, 0) is 0 Å². The summed E-state index contributed by atoms with van der Waals surface area (Å²) in [6.07, 6.45) is -0.295. The molecule has 0 saturated heterocycles. The number of thiophene rings is 1. The minimum Gasteiger partial charge on any atom is -0.483 e. The minimum atomic E-state index is -0.353. The van der Waals surface area contributed by atoms with Gasteiger partial charge in [-0.25, -0.2) is 4.39 Å². The van der Waals surface area contributed by atoms with E-state index in [2.05, 4.69) is 31.9 Å². The number of benzene rings is 1. The third-order valence-corrected chi connectivity index (χ3v) is 4.83. The third kappa shape index (κ3) is 3.78. The molecule has 0 amide bonds. The lowest BCUT2D eigenvalue weighted by atomic mass is 10.1. The zero-order chi connectivity index (χ0) is 14.0. The molecule has 0 spiro atoms. The third-order valence-electron chi connectivity index (χ3n) is 2.51. The van der Waals surface area contributed by atoms with Crippen LogP contribution < -0.4 is 10.5 Å². The van der Waals surface area contributed by atoms with E-state index in [9.17, 15) is 4.39 Å². The predicted octanol–water partition coefficient (Wildman–Crippen LogP) is 4.88. The Hall–Kier alpha value is -0.430. The van der Waals surface area contributed by atoms with E-state index in [0.717, 1.165) is 8.66 Å². The molecule has 2 N–H and O–H groups in total. The highest BCUT2D eigenvalue weighted by atomic mass is 79.9. The van der Waals surface area contributed by atoms with Crippen LogP contribution >= 0.6 is 43.2 Å². The van der Waals surface area contributed by atoms with Gasteiger partial charge >= 0.3 is 0 Å². The van der Waals surface area contributed by atoms with Crippen molar-refractivity contribution in [3.05, 3.63) is 49.3 Å². The SMILES string of the molecule is CC(N)C(Oc1ccc(Br)c(F)c1)c1ccc(Br)s1. The second kappa shape index (κ2) is 6.35. The zero-order valence-corrected chi connectivity index (χ0v) is 14.1. The monoisotopic (exact) mass is 407 g/mol. The molecule has 0 radical (unpaired) electrons. The number of ether oxygens (including phenoxy) is 1. The van der Waals surface area contributed by atoms with E-state index in [-0.39, 0.29) is 18.0 Å². The van der Waals surface area contributed by atoms with Gasteiger partial charge in [-0.1, -0.05) is 0 Å². The molecule has 2 nitrogen and oxygen atoms in total. The maximum Gasteiger partial charge on any atom is 0.148 e. The topological polar surface area (TPSA) is 35.2 Å². The minimum absolute atomic E-state index is 0.197. The molecular formula is C13H12Br2FNOS. The van der Waals surface area contributed by atoms with Crippen LogP contribution in [0.25, 0.3) is 0 Å². The van der Waals surface area contributed by atoms with E-state index in [0.29, 0.717) is 10.2 Å². The van der Waals surface area contributed by atoms with Crippen molar-refractivity contribution in [1.29, 1.82) is 0 Å². The average Bonchev–Trinajstić information content (AvgIpc) is 2.76. The van der Waals surface area contributed by atoms with Gasteiger partial charge in [0.1, 0.15) is 17.7 Å². The second-order valence-electron chi connectivity index (χ2n) is 4.12. The Balaban J connectivity index is 2.23. The second-order valence-corrected chi connectivity index (χ2v) is 7.46. The number of hydrogen-bond donors (Lipinski definition) is 1. The Morgan fingerprint density at radius 1 is 1.26 bits per heavy atom. The van der Waals surface area contributed by atoms with Gasteiger partial charge in [0.25, 0.3) is 0 Å². The Labute approximate surface area is 132 Å². The Morgan fingerprint density at radius 2 is 2.00 bits per heavy atom. The maximum absolute atomic E-state index is 13.5.